The van der Waals surface area contributed by atoms with E-state index in [2.05, 4.69) is 12.6 Å². The van der Waals surface area contributed by atoms with Gasteiger partial charge in [-0.25, -0.2) is 0 Å². The smallest absolute Gasteiger partial charge is 0.127 e. The minimum atomic E-state index is 0.779. The van der Waals surface area contributed by atoms with Crippen molar-refractivity contribution < 1.29 is 4.74 Å². The zero-order valence-corrected chi connectivity index (χ0v) is 8.78. The molecule has 0 spiro atoms. The van der Waals surface area contributed by atoms with Crippen molar-refractivity contribution in [1.82, 2.24) is 0 Å². The predicted molar refractivity (Wildman–Crippen MR) is 60.0 cm³/mol. The Kier molecular flexibility index (Phi) is 2.09. The van der Waals surface area contributed by atoms with Crippen molar-refractivity contribution in [3.05, 3.63) is 18.2 Å². The summed E-state index contributed by atoms with van der Waals surface area (Å²) in [5.41, 5.74) is 6.59. The summed E-state index contributed by atoms with van der Waals surface area (Å²) in [4.78, 5) is 0. The maximum absolute atomic E-state index is 5.81. The van der Waals surface area contributed by atoms with Gasteiger partial charge in [0.15, 0.2) is 0 Å². The van der Waals surface area contributed by atoms with Crippen molar-refractivity contribution in [2.45, 2.75) is 4.21 Å². The summed E-state index contributed by atoms with van der Waals surface area (Å²) in [6.07, 6.45) is 0. The first-order valence-electron chi connectivity index (χ1n) is 3.77. The highest BCUT2D eigenvalue weighted by Gasteiger charge is 2.07. The Balaban J connectivity index is 2.83. The van der Waals surface area contributed by atoms with E-state index in [-0.39, 0.29) is 0 Å². The first-order valence-corrected chi connectivity index (χ1v) is 5.03. The second-order valence-electron chi connectivity index (χ2n) is 2.68. The molecule has 0 saturated heterocycles. The minimum absolute atomic E-state index is 0.779. The van der Waals surface area contributed by atoms with Crippen LogP contribution in [0.15, 0.2) is 22.4 Å². The standard InChI is InChI=1S/C9H9NOS2/c1-11-7-3-2-6(10)9-5(7)4-8(12)13-9/h2-4,12H,10H2,1H3. The molecule has 2 N–H and O–H groups in total. The van der Waals surface area contributed by atoms with E-state index in [0.29, 0.717) is 0 Å². The number of ether oxygens (including phenoxy) is 1. The summed E-state index contributed by atoms with van der Waals surface area (Å²) in [5, 5.41) is 1.04. The fourth-order valence-electron chi connectivity index (χ4n) is 1.28. The molecule has 0 aliphatic rings. The van der Waals surface area contributed by atoms with Gasteiger partial charge in [0.2, 0.25) is 0 Å². The molecule has 0 bridgehead atoms. The number of fused-ring (bicyclic) bond motifs is 1. The van der Waals surface area contributed by atoms with Crippen molar-refractivity contribution >= 4 is 39.7 Å². The Hall–Kier alpha value is -0.870. The number of nitrogens with two attached hydrogens (primary N) is 1. The average Bonchev–Trinajstić information content (AvgIpc) is 2.48. The van der Waals surface area contributed by atoms with Crippen LogP contribution >= 0.6 is 24.0 Å². The first kappa shape index (κ1) is 8.72. The fraction of sp³-hybridized carbons (Fsp3) is 0.111. The van der Waals surface area contributed by atoms with Crippen LogP contribution in [0.2, 0.25) is 0 Å². The molecule has 1 aromatic heterocycles. The first-order chi connectivity index (χ1) is 6.22. The molecule has 68 valence electrons. The highest BCUT2D eigenvalue weighted by molar-refractivity contribution is 7.83. The zero-order chi connectivity index (χ0) is 9.42. The summed E-state index contributed by atoms with van der Waals surface area (Å²) < 4.78 is 7.21. The van der Waals surface area contributed by atoms with Gasteiger partial charge >= 0.3 is 0 Å². The van der Waals surface area contributed by atoms with Gasteiger partial charge in [-0.05, 0) is 18.2 Å². The minimum Gasteiger partial charge on any atom is -0.496 e. The SMILES string of the molecule is COc1ccc(N)c2sc(S)cc12. The zero-order valence-electron chi connectivity index (χ0n) is 7.07. The van der Waals surface area contributed by atoms with E-state index in [1.807, 2.05) is 18.2 Å². The van der Waals surface area contributed by atoms with Crippen LogP contribution in [0.1, 0.15) is 0 Å². The van der Waals surface area contributed by atoms with Crippen LogP contribution in [0.4, 0.5) is 5.69 Å². The van der Waals surface area contributed by atoms with Gasteiger partial charge in [0.05, 0.1) is 16.0 Å². The lowest BCUT2D eigenvalue weighted by molar-refractivity contribution is 0.420. The summed E-state index contributed by atoms with van der Waals surface area (Å²) >= 11 is 5.85. The van der Waals surface area contributed by atoms with Crippen LogP contribution in [0.3, 0.4) is 0 Å². The second kappa shape index (κ2) is 3.12. The maximum atomic E-state index is 5.81. The number of rotatable bonds is 1. The molecule has 0 amide bonds. The topological polar surface area (TPSA) is 35.2 Å². The van der Waals surface area contributed by atoms with E-state index in [9.17, 15) is 0 Å². The number of hydrogen-bond acceptors (Lipinski definition) is 4. The van der Waals surface area contributed by atoms with Crippen molar-refractivity contribution in [2.75, 3.05) is 12.8 Å². The Morgan fingerprint density at radius 1 is 1.46 bits per heavy atom. The highest BCUT2D eigenvalue weighted by Crippen LogP contribution is 2.37. The second-order valence-corrected chi connectivity index (χ2v) is 4.52. The van der Waals surface area contributed by atoms with Crippen molar-refractivity contribution in [1.29, 1.82) is 0 Å². The monoisotopic (exact) mass is 211 g/mol. The molecule has 2 rings (SSSR count). The van der Waals surface area contributed by atoms with Gasteiger partial charge in [0, 0.05) is 11.1 Å². The normalized spacial score (nSPS) is 10.6. The molecule has 4 heteroatoms. The largest absolute Gasteiger partial charge is 0.496 e. The summed E-state index contributed by atoms with van der Waals surface area (Å²) in [7, 11) is 1.65. The van der Waals surface area contributed by atoms with Gasteiger partial charge in [-0.1, -0.05) is 0 Å². The lowest BCUT2D eigenvalue weighted by atomic mass is 10.2. The Bertz CT molecular complexity index is 450. The molecule has 0 atom stereocenters. The van der Waals surface area contributed by atoms with Crippen molar-refractivity contribution in [3.8, 4) is 5.75 Å². The molecular formula is C9H9NOS2. The van der Waals surface area contributed by atoms with Gasteiger partial charge in [0.25, 0.3) is 0 Å². The third-order valence-corrected chi connectivity index (χ3v) is 3.27. The van der Waals surface area contributed by atoms with Gasteiger partial charge in [-0.15, -0.1) is 24.0 Å². The van der Waals surface area contributed by atoms with Crippen molar-refractivity contribution in [3.63, 3.8) is 0 Å². The van der Waals surface area contributed by atoms with Crippen LogP contribution in [-0.2, 0) is 0 Å². The van der Waals surface area contributed by atoms with Gasteiger partial charge in [0.1, 0.15) is 5.75 Å². The third kappa shape index (κ3) is 1.36. The summed E-state index contributed by atoms with van der Waals surface area (Å²) in [6, 6.07) is 5.70. The molecule has 2 nitrogen and oxygen atoms in total. The summed E-state index contributed by atoms with van der Waals surface area (Å²) in [6.45, 7) is 0. The number of nitrogen functional groups attached to an aromatic ring is 1. The molecule has 0 unspecified atom stereocenters. The number of thiol groups is 1. The lowest BCUT2D eigenvalue weighted by Crippen LogP contribution is -1.87. The van der Waals surface area contributed by atoms with E-state index in [4.69, 9.17) is 10.5 Å². The third-order valence-electron chi connectivity index (χ3n) is 1.88. The number of anilines is 1. The molecule has 1 heterocycles. The number of methoxy groups -OCH3 is 1. The van der Waals surface area contributed by atoms with Gasteiger partial charge < -0.3 is 10.5 Å². The molecule has 0 aliphatic carbocycles. The molecular weight excluding hydrogens is 202 g/mol. The van der Waals surface area contributed by atoms with Crippen LogP contribution < -0.4 is 10.5 Å². The van der Waals surface area contributed by atoms with Gasteiger partial charge in [-0.3, -0.25) is 0 Å². The van der Waals surface area contributed by atoms with E-state index >= 15 is 0 Å². The summed E-state index contributed by atoms with van der Waals surface area (Å²) in [5.74, 6) is 0.848. The van der Waals surface area contributed by atoms with Crippen LogP contribution in [-0.4, -0.2) is 7.11 Å². The van der Waals surface area contributed by atoms with E-state index in [1.54, 1.807) is 18.4 Å². The number of thiophene rings is 1. The lowest BCUT2D eigenvalue weighted by Gasteiger charge is -2.02. The number of hydrogen-bond donors (Lipinski definition) is 2. The molecule has 0 radical (unpaired) electrons. The number of benzene rings is 1. The molecule has 1 aromatic carbocycles. The molecule has 0 fully saturated rings. The van der Waals surface area contributed by atoms with Crippen LogP contribution in [0.25, 0.3) is 10.1 Å². The average molecular weight is 211 g/mol. The van der Waals surface area contributed by atoms with Crippen LogP contribution in [0.5, 0.6) is 5.75 Å². The fourth-order valence-corrected chi connectivity index (χ4v) is 2.53. The maximum Gasteiger partial charge on any atom is 0.127 e. The Labute approximate surface area is 85.7 Å². The van der Waals surface area contributed by atoms with Crippen LogP contribution in [0, 0.1) is 0 Å². The van der Waals surface area contributed by atoms with E-state index in [1.165, 1.54) is 0 Å². The quantitative estimate of drug-likeness (QED) is 0.562. The predicted octanol–water partition coefficient (Wildman–Crippen LogP) is 2.78. The Morgan fingerprint density at radius 2 is 2.23 bits per heavy atom. The van der Waals surface area contributed by atoms with Gasteiger partial charge in [-0.2, -0.15) is 0 Å². The molecule has 0 saturated carbocycles. The molecule has 13 heavy (non-hydrogen) atoms. The van der Waals surface area contributed by atoms with E-state index in [0.717, 1.165) is 25.7 Å². The molecule has 0 aliphatic heterocycles. The Morgan fingerprint density at radius 3 is 2.92 bits per heavy atom. The van der Waals surface area contributed by atoms with E-state index < -0.39 is 0 Å². The van der Waals surface area contributed by atoms with Crippen molar-refractivity contribution in [2.24, 2.45) is 0 Å². The highest BCUT2D eigenvalue weighted by atomic mass is 32.2. The molecule has 2 aromatic rings.